The van der Waals surface area contributed by atoms with Crippen molar-refractivity contribution in [2.24, 2.45) is 0 Å². The summed E-state index contributed by atoms with van der Waals surface area (Å²) in [6, 6.07) is 10.6. The number of Topliss-reactive ketones (excluding diaryl/α,β-unsaturated/α-hetero) is 1. The van der Waals surface area contributed by atoms with Crippen LogP contribution in [0.2, 0.25) is 0 Å². The molecule has 0 aliphatic rings. The molecule has 0 amide bonds. The number of benzene rings is 2. The summed E-state index contributed by atoms with van der Waals surface area (Å²) in [6.45, 7) is 1.99. The molecule has 0 aliphatic carbocycles. The first-order valence-electron chi connectivity index (χ1n) is 8.07. The van der Waals surface area contributed by atoms with Crippen molar-refractivity contribution < 1.29 is 19.2 Å². The van der Waals surface area contributed by atoms with Crippen LogP contribution in [0.15, 0.2) is 42.5 Å². The zero-order valence-electron chi connectivity index (χ0n) is 14.3. The Labute approximate surface area is 157 Å². The van der Waals surface area contributed by atoms with Gasteiger partial charge < -0.3 is 10.1 Å². The number of carbonyl (C=O) groups excluding carboxylic acids is 2. The fourth-order valence-corrected chi connectivity index (χ4v) is 3.29. The van der Waals surface area contributed by atoms with E-state index in [1.165, 1.54) is 35.6 Å². The second kappa shape index (κ2) is 7.92. The van der Waals surface area contributed by atoms with Crippen molar-refractivity contribution in [1.82, 2.24) is 4.98 Å². The molecule has 1 aromatic heterocycles. The molecule has 1 N–H and O–H groups in total. The summed E-state index contributed by atoms with van der Waals surface area (Å²) < 4.78 is 5.76. The number of esters is 1. The first kappa shape index (κ1) is 18.5. The molecule has 27 heavy (non-hydrogen) atoms. The number of nitro groups is 1. The van der Waals surface area contributed by atoms with E-state index in [1.807, 2.05) is 0 Å². The molecule has 0 saturated carbocycles. The van der Waals surface area contributed by atoms with Gasteiger partial charge in [0.1, 0.15) is 0 Å². The molecule has 8 nitrogen and oxygen atoms in total. The van der Waals surface area contributed by atoms with E-state index in [4.69, 9.17) is 4.74 Å². The fourth-order valence-electron chi connectivity index (χ4n) is 2.39. The number of non-ortho nitro benzene ring substituents is 1. The second-order valence-corrected chi connectivity index (χ2v) is 6.54. The van der Waals surface area contributed by atoms with Crippen molar-refractivity contribution in [1.29, 1.82) is 0 Å². The van der Waals surface area contributed by atoms with E-state index in [0.717, 1.165) is 4.70 Å². The quantitative estimate of drug-likeness (QED) is 0.286. The average Bonchev–Trinajstić information content (AvgIpc) is 3.08. The third kappa shape index (κ3) is 4.26. The first-order valence-corrected chi connectivity index (χ1v) is 8.89. The van der Waals surface area contributed by atoms with Gasteiger partial charge in [0.05, 0.1) is 33.9 Å². The Morgan fingerprint density at radius 1 is 1.22 bits per heavy atom. The van der Waals surface area contributed by atoms with Gasteiger partial charge in [-0.1, -0.05) is 23.5 Å². The Kier molecular flexibility index (Phi) is 5.41. The number of nitrogens with zero attached hydrogens (tertiary/aromatic N) is 2. The maximum absolute atomic E-state index is 12.3. The van der Waals surface area contributed by atoms with Crippen molar-refractivity contribution in [3.8, 4) is 0 Å². The van der Waals surface area contributed by atoms with Gasteiger partial charge in [0.25, 0.3) is 5.69 Å². The number of anilines is 1. The van der Waals surface area contributed by atoms with Crippen LogP contribution in [0.25, 0.3) is 10.2 Å². The molecule has 3 rings (SSSR count). The van der Waals surface area contributed by atoms with Gasteiger partial charge >= 0.3 is 5.97 Å². The molecule has 3 aromatic rings. The van der Waals surface area contributed by atoms with Crippen LogP contribution >= 0.6 is 11.3 Å². The third-order valence-electron chi connectivity index (χ3n) is 3.68. The molecule has 138 valence electrons. The van der Waals surface area contributed by atoms with Gasteiger partial charge in [-0.15, -0.1) is 0 Å². The zero-order valence-corrected chi connectivity index (χ0v) is 15.1. The first-order chi connectivity index (χ1) is 13.0. The molecule has 0 aliphatic heterocycles. The van der Waals surface area contributed by atoms with Gasteiger partial charge in [-0.05, 0) is 25.1 Å². The lowest BCUT2D eigenvalue weighted by atomic mass is 10.1. The van der Waals surface area contributed by atoms with Crippen LogP contribution in [-0.4, -0.2) is 34.8 Å². The predicted molar refractivity (Wildman–Crippen MR) is 101 cm³/mol. The lowest BCUT2D eigenvalue weighted by molar-refractivity contribution is -0.384. The largest absolute Gasteiger partial charge is 0.462 e. The summed E-state index contributed by atoms with van der Waals surface area (Å²) in [6.07, 6.45) is 0. The SMILES string of the molecule is CCOC(=O)c1ccc2nc(NCC(=O)c3cccc([N+](=O)[O-])c3)sc2c1. The number of hydrogen-bond donors (Lipinski definition) is 1. The zero-order chi connectivity index (χ0) is 19.4. The minimum atomic E-state index is -0.543. The Bertz CT molecular complexity index is 1030. The van der Waals surface area contributed by atoms with E-state index in [1.54, 1.807) is 25.1 Å². The molecule has 0 unspecified atom stereocenters. The third-order valence-corrected chi connectivity index (χ3v) is 4.65. The number of ketones is 1. The average molecular weight is 385 g/mol. The van der Waals surface area contributed by atoms with Gasteiger partial charge in [-0.25, -0.2) is 9.78 Å². The lowest BCUT2D eigenvalue weighted by Crippen LogP contribution is -2.13. The number of aromatic nitrogens is 1. The van der Waals surface area contributed by atoms with Gasteiger partial charge in [-0.2, -0.15) is 0 Å². The van der Waals surface area contributed by atoms with Gasteiger partial charge in [0.2, 0.25) is 0 Å². The van der Waals surface area contributed by atoms with E-state index in [-0.39, 0.29) is 23.6 Å². The molecular formula is C18H15N3O5S. The van der Waals surface area contributed by atoms with E-state index in [0.29, 0.717) is 22.8 Å². The van der Waals surface area contributed by atoms with Crippen molar-refractivity contribution in [3.05, 3.63) is 63.7 Å². The molecule has 0 saturated heterocycles. The van der Waals surface area contributed by atoms with Crippen molar-refractivity contribution in [2.75, 3.05) is 18.5 Å². The highest BCUT2D eigenvalue weighted by Crippen LogP contribution is 2.27. The highest BCUT2D eigenvalue weighted by Gasteiger charge is 2.13. The highest BCUT2D eigenvalue weighted by molar-refractivity contribution is 7.22. The Balaban J connectivity index is 1.71. The molecule has 2 aromatic carbocycles. The number of carbonyl (C=O) groups is 2. The van der Waals surface area contributed by atoms with Crippen molar-refractivity contribution >= 4 is 44.1 Å². The summed E-state index contributed by atoms with van der Waals surface area (Å²) in [5, 5.41) is 14.3. The van der Waals surface area contributed by atoms with E-state index < -0.39 is 10.9 Å². The number of hydrogen-bond acceptors (Lipinski definition) is 8. The van der Waals surface area contributed by atoms with Crippen LogP contribution in [0, 0.1) is 10.1 Å². The molecule has 9 heteroatoms. The molecule has 0 atom stereocenters. The Morgan fingerprint density at radius 3 is 2.78 bits per heavy atom. The van der Waals surface area contributed by atoms with E-state index in [2.05, 4.69) is 10.3 Å². The van der Waals surface area contributed by atoms with Crippen LogP contribution in [0.1, 0.15) is 27.6 Å². The number of nitrogens with one attached hydrogen (secondary N) is 1. The van der Waals surface area contributed by atoms with Gasteiger partial charge in [-0.3, -0.25) is 14.9 Å². The summed E-state index contributed by atoms with van der Waals surface area (Å²) in [4.78, 5) is 38.7. The number of thiazole rings is 1. The number of ether oxygens (including phenoxy) is 1. The van der Waals surface area contributed by atoms with Crippen molar-refractivity contribution in [3.63, 3.8) is 0 Å². The summed E-state index contributed by atoms with van der Waals surface area (Å²) >= 11 is 1.30. The molecule has 0 radical (unpaired) electrons. The van der Waals surface area contributed by atoms with Crippen LogP contribution in [-0.2, 0) is 4.74 Å². The highest BCUT2D eigenvalue weighted by atomic mass is 32.1. The second-order valence-electron chi connectivity index (χ2n) is 5.51. The van der Waals surface area contributed by atoms with Crippen LogP contribution in [0.3, 0.4) is 0 Å². The monoisotopic (exact) mass is 385 g/mol. The maximum atomic E-state index is 12.3. The van der Waals surface area contributed by atoms with E-state index in [9.17, 15) is 19.7 Å². The van der Waals surface area contributed by atoms with Crippen LogP contribution in [0.4, 0.5) is 10.8 Å². The molecule has 0 bridgehead atoms. The maximum Gasteiger partial charge on any atom is 0.338 e. The van der Waals surface area contributed by atoms with Crippen molar-refractivity contribution in [2.45, 2.75) is 6.92 Å². The minimum absolute atomic E-state index is 0.0499. The Morgan fingerprint density at radius 2 is 2.04 bits per heavy atom. The van der Waals surface area contributed by atoms with Crippen LogP contribution < -0.4 is 5.32 Å². The molecule has 1 heterocycles. The van der Waals surface area contributed by atoms with Gasteiger partial charge in [0.15, 0.2) is 10.9 Å². The van der Waals surface area contributed by atoms with Gasteiger partial charge in [0, 0.05) is 17.7 Å². The fraction of sp³-hybridized carbons (Fsp3) is 0.167. The topological polar surface area (TPSA) is 111 Å². The van der Waals surface area contributed by atoms with E-state index >= 15 is 0 Å². The molecule has 0 spiro atoms. The smallest absolute Gasteiger partial charge is 0.338 e. The molecule has 0 fully saturated rings. The number of rotatable bonds is 7. The number of nitro benzene ring substituents is 1. The normalized spacial score (nSPS) is 10.6. The molecular weight excluding hydrogens is 370 g/mol. The standard InChI is InChI=1S/C18H15N3O5S/c1-2-26-17(23)12-6-7-14-16(9-12)27-18(20-14)19-10-15(22)11-4-3-5-13(8-11)21(24)25/h3-9H,2,10H2,1H3,(H,19,20). The Hall–Kier alpha value is -3.33. The summed E-state index contributed by atoms with van der Waals surface area (Å²) in [5.74, 6) is -0.687. The lowest BCUT2D eigenvalue weighted by Gasteiger charge is -2.02. The van der Waals surface area contributed by atoms with Crippen LogP contribution in [0.5, 0.6) is 0 Å². The predicted octanol–water partition coefficient (Wildman–Crippen LogP) is 3.68. The minimum Gasteiger partial charge on any atom is -0.462 e. The number of fused-ring (bicyclic) bond motifs is 1. The summed E-state index contributed by atoms with van der Waals surface area (Å²) in [5.41, 5.74) is 1.25. The summed E-state index contributed by atoms with van der Waals surface area (Å²) in [7, 11) is 0.